The average molecular weight is 219 g/mol. The molecule has 1 atom stereocenters. The van der Waals surface area contributed by atoms with Crippen molar-refractivity contribution in [1.29, 1.82) is 0 Å². The number of nitrogens with one attached hydrogen (secondary N) is 1. The largest absolute Gasteiger partial charge is 0.310 e. The van der Waals surface area contributed by atoms with Crippen LogP contribution in [-0.4, -0.2) is 6.54 Å². The van der Waals surface area contributed by atoms with Gasteiger partial charge in [-0.05, 0) is 18.5 Å². The summed E-state index contributed by atoms with van der Waals surface area (Å²) in [4.78, 5) is 0. The summed E-state index contributed by atoms with van der Waals surface area (Å²) in [7, 11) is 0. The molecule has 0 amide bonds. The summed E-state index contributed by atoms with van der Waals surface area (Å²) >= 11 is 0. The Labute approximate surface area is 100 Å². The maximum atomic E-state index is 3.58. The molecule has 0 spiro atoms. The molecule has 0 bridgehead atoms. The van der Waals surface area contributed by atoms with Crippen LogP contribution in [0.15, 0.2) is 30.3 Å². The summed E-state index contributed by atoms with van der Waals surface area (Å²) in [5.41, 5.74) is 1.43. The smallest absolute Gasteiger partial charge is 0.0320 e. The van der Waals surface area contributed by atoms with E-state index in [1.54, 1.807) is 0 Å². The fourth-order valence-corrected chi connectivity index (χ4v) is 2.09. The minimum absolute atomic E-state index is 0.544. The molecule has 0 saturated carbocycles. The lowest BCUT2D eigenvalue weighted by molar-refractivity contribution is 0.482. The Balaban J connectivity index is 2.41. The average Bonchev–Trinajstić information content (AvgIpc) is 2.34. The van der Waals surface area contributed by atoms with E-state index in [4.69, 9.17) is 0 Å². The lowest BCUT2D eigenvalue weighted by Gasteiger charge is -2.18. The van der Waals surface area contributed by atoms with Gasteiger partial charge in [-0.3, -0.25) is 0 Å². The van der Waals surface area contributed by atoms with Crippen LogP contribution in [0.3, 0.4) is 0 Å². The Morgan fingerprint density at radius 3 is 2.38 bits per heavy atom. The molecule has 0 radical (unpaired) electrons. The first-order valence-corrected chi connectivity index (χ1v) is 6.66. The van der Waals surface area contributed by atoms with E-state index in [1.165, 1.54) is 37.7 Å². The van der Waals surface area contributed by atoms with Crippen molar-refractivity contribution in [2.75, 3.05) is 6.54 Å². The van der Waals surface area contributed by atoms with Gasteiger partial charge >= 0.3 is 0 Å². The molecule has 0 aliphatic carbocycles. The van der Waals surface area contributed by atoms with Gasteiger partial charge in [0.15, 0.2) is 0 Å². The highest BCUT2D eigenvalue weighted by Crippen LogP contribution is 2.19. The Kier molecular flexibility index (Phi) is 6.91. The summed E-state index contributed by atoms with van der Waals surface area (Å²) in [6.07, 6.45) is 6.65. The highest BCUT2D eigenvalue weighted by molar-refractivity contribution is 5.18. The van der Waals surface area contributed by atoms with E-state index in [0.717, 1.165) is 6.54 Å². The van der Waals surface area contributed by atoms with Crippen molar-refractivity contribution in [2.45, 2.75) is 52.0 Å². The molecule has 16 heavy (non-hydrogen) atoms. The van der Waals surface area contributed by atoms with E-state index in [0.29, 0.717) is 6.04 Å². The van der Waals surface area contributed by atoms with Gasteiger partial charge in [-0.1, -0.05) is 69.9 Å². The fourth-order valence-electron chi connectivity index (χ4n) is 2.09. The van der Waals surface area contributed by atoms with Crippen molar-refractivity contribution in [1.82, 2.24) is 5.32 Å². The van der Waals surface area contributed by atoms with Gasteiger partial charge in [-0.2, -0.15) is 0 Å². The number of hydrogen-bond acceptors (Lipinski definition) is 1. The van der Waals surface area contributed by atoms with Crippen LogP contribution in [0.1, 0.15) is 57.6 Å². The predicted octanol–water partition coefficient (Wildman–Crippen LogP) is 4.31. The van der Waals surface area contributed by atoms with Gasteiger partial charge in [0.25, 0.3) is 0 Å². The first-order chi connectivity index (χ1) is 7.88. The summed E-state index contributed by atoms with van der Waals surface area (Å²) in [6, 6.07) is 11.4. The second kappa shape index (κ2) is 8.35. The van der Waals surface area contributed by atoms with Crippen molar-refractivity contribution in [3.8, 4) is 0 Å². The Bertz CT molecular complexity index is 255. The lowest BCUT2D eigenvalue weighted by atomic mass is 10.00. The number of hydrogen-bond donors (Lipinski definition) is 1. The van der Waals surface area contributed by atoms with Gasteiger partial charge in [0, 0.05) is 6.04 Å². The predicted molar refractivity (Wildman–Crippen MR) is 71.6 cm³/mol. The molecule has 0 heterocycles. The Morgan fingerprint density at radius 2 is 1.75 bits per heavy atom. The molecule has 0 aliphatic heterocycles. The lowest BCUT2D eigenvalue weighted by Crippen LogP contribution is -2.20. The third-order valence-corrected chi connectivity index (χ3v) is 3.00. The van der Waals surface area contributed by atoms with Crippen molar-refractivity contribution in [3.63, 3.8) is 0 Å². The van der Waals surface area contributed by atoms with E-state index in [1.807, 2.05) is 0 Å². The van der Waals surface area contributed by atoms with Crippen molar-refractivity contribution < 1.29 is 0 Å². The molecule has 1 heteroatoms. The van der Waals surface area contributed by atoms with Crippen molar-refractivity contribution >= 4 is 0 Å². The van der Waals surface area contributed by atoms with E-state index < -0.39 is 0 Å². The standard InChI is InChI=1S/C15H25N/c1-3-5-6-10-13-15(16-4-2)14-11-8-7-9-12-14/h7-9,11-12,15-16H,3-6,10,13H2,1-2H3. The molecular weight excluding hydrogens is 194 g/mol. The van der Waals surface area contributed by atoms with Gasteiger partial charge in [-0.15, -0.1) is 0 Å². The summed E-state index contributed by atoms with van der Waals surface area (Å²) in [5, 5.41) is 3.58. The molecule has 90 valence electrons. The SMILES string of the molecule is CCCCCCC(NCC)c1ccccc1. The number of rotatable bonds is 8. The normalized spacial score (nSPS) is 12.6. The van der Waals surface area contributed by atoms with Crippen LogP contribution in [0.2, 0.25) is 0 Å². The molecule has 0 saturated heterocycles. The van der Waals surface area contributed by atoms with E-state index >= 15 is 0 Å². The highest BCUT2D eigenvalue weighted by Gasteiger charge is 2.08. The third kappa shape index (κ3) is 4.80. The van der Waals surface area contributed by atoms with Crippen LogP contribution in [0.25, 0.3) is 0 Å². The van der Waals surface area contributed by atoms with Crippen LogP contribution in [0.5, 0.6) is 0 Å². The van der Waals surface area contributed by atoms with Crippen LogP contribution >= 0.6 is 0 Å². The number of benzene rings is 1. The minimum atomic E-state index is 0.544. The summed E-state index contributed by atoms with van der Waals surface area (Å²) < 4.78 is 0. The molecule has 1 unspecified atom stereocenters. The van der Waals surface area contributed by atoms with Gasteiger partial charge in [0.2, 0.25) is 0 Å². The maximum Gasteiger partial charge on any atom is 0.0320 e. The van der Waals surface area contributed by atoms with Gasteiger partial charge < -0.3 is 5.32 Å². The first-order valence-electron chi connectivity index (χ1n) is 6.66. The third-order valence-electron chi connectivity index (χ3n) is 3.00. The highest BCUT2D eigenvalue weighted by atomic mass is 14.9. The molecule has 0 fully saturated rings. The molecule has 1 N–H and O–H groups in total. The Morgan fingerprint density at radius 1 is 1.00 bits per heavy atom. The number of unbranched alkanes of at least 4 members (excludes halogenated alkanes) is 3. The molecule has 1 rings (SSSR count). The van der Waals surface area contributed by atoms with Gasteiger partial charge in [-0.25, -0.2) is 0 Å². The first kappa shape index (κ1) is 13.2. The van der Waals surface area contributed by atoms with Crippen LogP contribution in [0, 0.1) is 0 Å². The van der Waals surface area contributed by atoms with Crippen LogP contribution in [0.4, 0.5) is 0 Å². The Hall–Kier alpha value is -0.820. The zero-order valence-corrected chi connectivity index (χ0v) is 10.7. The second-order valence-corrected chi connectivity index (χ2v) is 4.37. The second-order valence-electron chi connectivity index (χ2n) is 4.37. The molecule has 0 aliphatic rings. The molecule has 1 nitrogen and oxygen atoms in total. The van der Waals surface area contributed by atoms with E-state index in [9.17, 15) is 0 Å². The summed E-state index contributed by atoms with van der Waals surface area (Å²) in [5.74, 6) is 0. The van der Waals surface area contributed by atoms with Crippen LogP contribution < -0.4 is 5.32 Å². The zero-order chi connectivity index (χ0) is 11.6. The summed E-state index contributed by atoms with van der Waals surface area (Å²) in [6.45, 7) is 5.49. The van der Waals surface area contributed by atoms with Crippen LogP contribution in [-0.2, 0) is 0 Å². The zero-order valence-electron chi connectivity index (χ0n) is 10.7. The van der Waals surface area contributed by atoms with Gasteiger partial charge in [0.05, 0.1) is 0 Å². The molecule has 1 aromatic carbocycles. The quantitative estimate of drug-likeness (QED) is 0.642. The van der Waals surface area contributed by atoms with Crippen molar-refractivity contribution in [3.05, 3.63) is 35.9 Å². The van der Waals surface area contributed by atoms with E-state index in [2.05, 4.69) is 49.5 Å². The molecular formula is C15H25N. The topological polar surface area (TPSA) is 12.0 Å². The maximum absolute atomic E-state index is 3.58. The fraction of sp³-hybridized carbons (Fsp3) is 0.600. The van der Waals surface area contributed by atoms with E-state index in [-0.39, 0.29) is 0 Å². The van der Waals surface area contributed by atoms with Gasteiger partial charge in [0.1, 0.15) is 0 Å². The van der Waals surface area contributed by atoms with Crippen molar-refractivity contribution in [2.24, 2.45) is 0 Å². The molecule has 0 aromatic heterocycles. The monoisotopic (exact) mass is 219 g/mol. The minimum Gasteiger partial charge on any atom is -0.310 e. The molecule has 1 aromatic rings.